The molecule has 25 heavy (non-hydrogen) atoms. The summed E-state index contributed by atoms with van der Waals surface area (Å²) >= 11 is 0. The molecule has 0 saturated carbocycles. The highest BCUT2D eigenvalue weighted by atomic mass is 16.5. The molecular formula is C20H22N4O. The van der Waals surface area contributed by atoms with Gasteiger partial charge in [0.2, 0.25) is 5.95 Å². The maximum atomic E-state index is 5.41. The van der Waals surface area contributed by atoms with Gasteiger partial charge in [-0.15, -0.1) is 0 Å². The number of morpholine rings is 1. The molecule has 0 bridgehead atoms. The van der Waals surface area contributed by atoms with Crippen molar-refractivity contribution in [2.75, 3.05) is 36.5 Å². The maximum Gasteiger partial charge on any atom is 0.225 e. The first kappa shape index (κ1) is 15.8. The van der Waals surface area contributed by atoms with Crippen LogP contribution in [0.1, 0.15) is 18.5 Å². The molecule has 1 aliphatic heterocycles. The van der Waals surface area contributed by atoms with Crippen LogP contribution in [0.25, 0.3) is 10.8 Å². The summed E-state index contributed by atoms with van der Waals surface area (Å²) in [4.78, 5) is 11.3. The Hall–Kier alpha value is -2.66. The molecule has 1 fully saturated rings. The summed E-state index contributed by atoms with van der Waals surface area (Å²) in [7, 11) is 0. The molecule has 0 spiro atoms. The van der Waals surface area contributed by atoms with E-state index in [0.717, 1.165) is 32.1 Å². The number of hydrogen-bond acceptors (Lipinski definition) is 5. The molecule has 2 aromatic carbocycles. The van der Waals surface area contributed by atoms with E-state index in [1.165, 1.54) is 16.3 Å². The Labute approximate surface area is 147 Å². The van der Waals surface area contributed by atoms with Gasteiger partial charge in [0.15, 0.2) is 0 Å². The fourth-order valence-corrected chi connectivity index (χ4v) is 3.14. The van der Waals surface area contributed by atoms with Crippen molar-refractivity contribution in [2.24, 2.45) is 0 Å². The lowest BCUT2D eigenvalue weighted by atomic mass is 10.0. The minimum absolute atomic E-state index is 0.129. The number of hydrogen-bond donors (Lipinski definition) is 1. The molecule has 0 radical (unpaired) electrons. The standard InChI is InChI=1S/C20H22N4O/c1-15(17-7-6-16-4-2-3-5-18(16)14-17)22-20-21-9-8-19(23-20)24-10-12-25-13-11-24/h2-9,14-15H,10-13H2,1H3,(H,21,22,23). The van der Waals surface area contributed by atoms with Gasteiger partial charge in [0.1, 0.15) is 5.82 Å². The average molecular weight is 334 g/mol. The molecule has 2 heterocycles. The van der Waals surface area contributed by atoms with Crippen molar-refractivity contribution in [1.29, 1.82) is 0 Å². The topological polar surface area (TPSA) is 50.3 Å². The molecule has 4 rings (SSSR count). The zero-order valence-corrected chi connectivity index (χ0v) is 14.4. The normalized spacial score (nSPS) is 16.0. The zero-order valence-electron chi connectivity index (χ0n) is 14.4. The third-order valence-corrected chi connectivity index (χ3v) is 4.60. The van der Waals surface area contributed by atoms with Crippen molar-refractivity contribution in [3.05, 3.63) is 60.3 Å². The Morgan fingerprint density at radius 2 is 1.84 bits per heavy atom. The third-order valence-electron chi connectivity index (χ3n) is 4.60. The number of anilines is 2. The summed E-state index contributed by atoms with van der Waals surface area (Å²) < 4.78 is 5.41. The van der Waals surface area contributed by atoms with Gasteiger partial charge in [0.05, 0.1) is 19.3 Å². The van der Waals surface area contributed by atoms with E-state index in [9.17, 15) is 0 Å². The Balaban J connectivity index is 1.52. The van der Waals surface area contributed by atoms with Gasteiger partial charge in [0.25, 0.3) is 0 Å². The molecule has 1 aromatic heterocycles. The first-order valence-corrected chi connectivity index (χ1v) is 8.70. The largest absolute Gasteiger partial charge is 0.378 e. The summed E-state index contributed by atoms with van der Waals surface area (Å²) in [5.74, 6) is 1.61. The van der Waals surface area contributed by atoms with Crippen molar-refractivity contribution in [2.45, 2.75) is 13.0 Å². The SMILES string of the molecule is CC(Nc1nccc(N2CCOCC2)n1)c1ccc2ccccc2c1. The van der Waals surface area contributed by atoms with Crippen LogP contribution >= 0.6 is 0 Å². The average Bonchev–Trinajstić information content (AvgIpc) is 2.68. The molecule has 1 aliphatic rings. The third kappa shape index (κ3) is 3.56. The lowest BCUT2D eigenvalue weighted by Gasteiger charge is -2.28. The summed E-state index contributed by atoms with van der Waals surface area (Å²) in [5.41, 5.74) is 1.22. The molecule has 1 saturated heterocycles. The second-order valence-electron chi connectivity index (χ2n) is 6.31. The molecular weight excluding hydrogens is 312 g/mol. The van der Waals surface area contributed by atoms with E-state index < -0.39 is 0 Å². The highest BCUT2D eigenvalue weighted by Gasteiger charge is 2.14. The second kappa shape index (κ2) is 7.07. The van der Waals surface area contributed by atoms with E-state index in [2.05, 4.69) is 69.6 Å². The molecule has 1 N–H and O–H groups in total. The van der Waals surface area contributed by atoms with Gasteiger partial charge < -0.3 is 15.0 Å². The van der Waals surface area contributed by atoms with Crippen molar-refractivity contribution in [1.82, 2.24) is 9.97 Å². The highest BCUT2D eigenvalue weighted by Crippen LogP contribution is 2.23. The molecule has 1 unspecified atom stereocenters. The van der Waals surface area contributed by atoms with Crippen LogP contribution in [0.5, 0.6) is 0 Å². The molecule has 5 heteroatoms. The summed E-state index contributed by atoms with van der Waals surface area (Å²) in [6, 6.07) is 17.0. The fraction of sp³-hybridized carbons (Fsp3) is 0.300. The van der Waals surface area contributed by atoms with Crippen molar-refractivity contribution in [3.8, 4) is 0 Å². The number of benzene rings is 2. The Morgan fingerprint density at radius 3 is 2.68 bits per heavy atom. The molecule has 5 nitrogen and oxygen atoms in total. The lowest BCUT2D eigenvalue weighted by Crippen LogP contribution is -2.36. The molecule has 3 aromatic rings. The minimum atomic E-state index is 0.129. The first-order valence-electron chi connectivity index (χ1n) is 8.70. The van der Waals surface area contributed by atoms with Gasteiger partial charge >= 0.3 is 0 Å². The van der Waals surface area contributed by atoms with E-state index in [0.29, 0.717) is 5.95 Å². The maximum absolute atomic E-state index is 5.41. The van der Waals surface area contributed by atoms with Crippen LogP contribution in [0, 0.1) is 0 Å². The highest BCUT2D eigenvalue weighted by molar-refractivity contribution is 5.83. The second-order valence-corrected chi connectivity index (χ2v) is 6.31. The van der Waals surface area contributed by atoms with E-state index in [4.69, 9.17) is 4.74 Å². The monoisotopic (exact) mass is 334 g/mol. The van der Waals surface area contributed by atoms with Crippen LogP contribution in [0.15, 0.2) is 54.7 Å². The smallest absolute Gasteiger partial charge is 0.225 e. The van der Waals surface area contributed by atoms with Crippen molar-refractivity contribution < 1.29 is 4.74 Å². The van der Waals surface area contributed by atoms with Gasteiger partial charge in [-0.05, 0) is 35.4 Å². The van der Waals surface area contributed by atoms with Crippen LogP contribution in [-0.2, 0) is 4.74 Å². The van der Waals surface area contributed by atoms with Crippen LogP contribution in [0.4, 0.5) is 11.8 Å². The zero-order chi connectivity index (χ0) is 17.1. The van der Waals surface area contributed by atoms with Gasteiger partial charge in [-0.1, -0.05) is 36.4 Å². The van der Waals surface area contributed by atoms with Crippen LogP contribution in [-0.4, -0.2) is 36.3 Å². The van der Waals surface area contributed by atoms with Gasteiger partial charge in [-0.3, -0.25) is 0 Å². The quantitative estimate of drug-likeness (QED) is 0.789. The van der Waals surface area contributed by atoms with E-state index in [1.54, 1.807) is 0 Å². The lowest BCUT2D eigenvalue weighted by molar-refractivity contribution is 0.122. The minimum Gasteiger partial charge on any atom is -0.378 e. The molecule has 0 aliphatic carbocycles. The van der Waals surface area contributed by atoms with Gasteiger partial charge in [-0.25, -0.2) is 4.98 Å². The van der Waals surface area contributed by atoms with Crippen LogP contribution in [0.3, 0.4) is 0 Å². The fourth-order valence-electron chi connectivity index (χ4n) is 3.14. The van der Waals surface area contributed by atoms with E-state index in [1.807, 2.05) is 12.3 Å². The number of rotatable bonds is 4. The van der Waals surface area contributed by atoms with Gasteiger partial charge in [-0.2, -0.15) is 4.98 Å². The van der Waals surface area contributed by atoms with Crippen molar-refractivity contribution in [3.63, 3.8) is 0 Å². The summed E-state index contributed by atoms with van der Waals surface area (Å²) in [5, 5.41) is 5.92. The van der Waals surface area contributed by atoms with E-state index >= 15 is 0 Å². The number of fused-ring (bicyclic) bond motifs is 1. The van der Waals surface area contributed by atoms with E-state index in [-0.39, 0.29) is 6.04 Å². The number of nitrogens with zero attached hydrogens (tertiary/aromatic N) is 3. The van der Waals surface area contributed by atoms with Crippen LogP contribution in [0.2, 0.25) is 0 Å². The number of nitrogens with one attached hydrogen (secondary N) is 1. The van der Waals surface area contributed by atoms with Gasteiger partial charge in [0, 0.05) is 19.3 Å². The molecule has 0 amide bonds. The summed E-state index contributed by atoms with van der Waals surface area (Å²) in [6.45, 7) is 5.38. The number of aromatic nitrogens is 2. The Morgan fingerprint density at radius 1 is 1.04 bits per heavy atom. The van der Waals surface area contributed by atoms with Crippen LogP contribution < -0.4 is 10.2 Å². The Kier molecular flexibility index (Phi) is 4.48. The first-order chi connectivity index (χ1) is 12.3. The predicted octanol–water partition coefficient (Wildman–Crippen LogP) is 3.64. The Bertz CT molecular complexity index is 861. The molecule has 1 atom stereocenters. The number of ether oxygens (including phenoxy) is 1. The molecule has 128 valence electrons. The van der Waals surface area contributed by atoms with Crippen molar-refractivity contribution >= 4 is 22.5 Å². The summed E-state index contributed by atoms with van der Waals surface area (Å²) in [6.07, 6.45) is 1.81. The predicted molar refractivity (Wildman–Crippen MR) is 101 cm³/mol.